The maximum absolute atomic E-state index is 8.83. The summed E-state index contributed by atoms with van der Waals surface area (Å²) in [5, 5.41) is 14.6. The predicted molar refractivity (Wildman–Crippen MR) is 69.7 cm³/mol. The Labute approximate surface area is 102 Å². The second kappa shape index (κ2) is 5.75. The van der Waals surface area contributed by atoms with Gasteiger partial charge in [0.15, 0.2) is 0 Å². The van der Waals surface area contributed by atoms with E-state index in [1.807, 2.05) is 18.5 Å². The lowest BCUT2D eigenvalue weighted by Crippen LogP contribution is -2.26. The lowest BCUT2D eigenvalue weighted by Gasteiger charge is -2.12. The molecule has 0 saturated carbocycles. The second-order valence-corrected chi connectivity index (χ2v) is 4.35. The maximum atomic E-state index is 8.83. The predicted octanol–water partition coefficient (Wildman–Crippen LogP) is 2.10. The van der Waals surface area contributed by atoms with E-state index in [0.29, 0.717) is 6.04 Å². The molecule has 1 aromatic heterocycles. The van der Waals surface area contributed by atoms with Crippen molar-refractivity contribution in [2.45, 2.75) is 25.9 Å². The van der Waals surface area contributed by atoms with Crippen LogP contribution in [-0.2, 0) is 6.54 Å². The van der Waals surface area contributed by atoms with Crippen molar-refractivity contribution < 1.29 is 5.11 Å². The molecular weight excluding hydrogens is 212 g/mol. The summed E-state index contributed by atoms with van der Waals surface area (Å²) >= 11 is 0. The monoisotopic (exact) mass is 230 g/mol. The summed E-state index contributed by atoms with van der Waals surface area (Å²) in [7, 11) is 0. The van der Waals surface area contributed by atoms with Crippen molar-refractivity contribution in [2.24, 2.45) is 0 Å². The van der Waals surface area contributed by atoms with Gasteiger partial charge in [-0.05, 0) is 36.4 Å². The first-order valence-corrected chi connectivity index (χ1v) is 5.96. The average Bonchev–Trinajstić information content (AvgIpc) is 2.36. The van der Waals surface area contributed by atoms with Crippen LogP contribution in [0.2, 0.25) is 0 Å². The SMILES string of the molecule is CC(CCO)NCc1ccc2cnccc2c1. The molecule has 0 amide bonds. The van der Waals surface area contributed by atoms with Gasteiger partial charge in [-0.15, -0.1) is 0 Å². The minimum atomic E-state index is 0.234. The van der Waals surface area contributed by atoms with Gasteiger partial charge >= 0.3 is 0 Å². The Bertz CT molecular complexity index is 484. The summed E-state index contributed by atoms with van der Waals surface area (Å²) in [5.74, 6) is 0. The van der Waals surface area contributed by atoms with Gasteiger partial charge in [-0.1, -0.05) is 12.1 Å². The molecule has 2 N–H and O–H groups in total. The zero-order chi connectivity index (χ0) is 12.1. The number of rotatable bonds is 5. The van der Waals surface area contributed by atoms with Crippen molar-refractivity contribution in [1.82, 2.24) is 10.3 Å². The molecule has 1 unspecified atom stereocenters. The Morgan fingerprint density at radius 3 is 3.00 bits per heavy atom. The second-order valence-electron chi connectivity index (χ2n) is 4.35. The molecule has 90 valence electrons. The molecule has 2 aromatic rings. The van der Waals surface area contributed by atoms with Crippen LogP contribution in [-0.4, -0.2) is 22.7 Å². The quantitative estimate of drug-likeness (QED) is 0.826. The minimum absolute atomic E-state index is 0.234. The molecule has 17 heavy (non-hydrogen) atoms. The molecule has 0 aliphatic rings. The molecule has 0 fully saturated rings. The van der Waals surface area contributed by atoms with Crippen LogP contribution in [0, 0.1) is 0 Å². The number of aromatic nitrogens is 1. The lowest BCUT2D eigenvalue weighted by atomic mass is 10.1. The maximum Gasteiger partial charge on any atom is 0.0445 e. The van der Waals surface area contributed by atoms with Crippen molar-refractivity contribution in [3.63, 3.8) is 0 Å². The highest BCUT2D eigenvalue weighted by Gasteiger charge is 2.01. The lowest BCUT2D eigenvalue weighted by molar-refractivity contribution is 0.268. The number of aliphatic hydroxyl groups is 1. The van der Waals surface area contributed by atoms with Gasteiger partial charge in [0, 0.05) is 37.0 Å². The first-order chi connectivity index (χ1) is 8.29. The third-order valence-electron chi connectivity index (χ3n) is 2.92. The van der Waals surface area contributed by atoms with Crippen molar-refractivity contribution in [1.29, 1.82) is 0 Å². The molecule has 0 spiro atoms. The van der Waals surface area contributed by atoms with Gasteiger partial charge in [0.1, 0.15) is 0 Å². The summed E-state index contributed by atoms with van der Waals surface area (Å²) in [6, 6.07) is 8.75. The van der Waals surface area contributed by atoms with Gasteiger partial charge in [-0.3, -0.25) is 4.98 Å². The Balaban J connectivity index is 2.04. The molecule has 1 atom stereocenters. The molecule has 1 aromatic carbocycles. The number of nitrogens with one attached hydrogen (secondary N) is 1. The van der Waals surface area contributed by atoms with Crippen LogP contribution < -0.4 is 5.32 Å². The van der Waals surface area contributed by atoms with Crippen molar-refractivity contribution in [2.75, 3.05) is 6.61 Å². The van der Waals surface area contributed by atoms with E-state index < -0.39 is 0 Å². The zero-order valence-corrected chi connectivity index (χ0v) is 10.1. The van der Waals surface area contributed by atoms with Gasteiger partial charge in [-0.25, -0.2) is 0 Å². The van der Waals surface area contributed by atoms with Crippen LogP contribution in [0.25, 0.3) is 10.8 Å². The minimum Gasteiger partial charge on any atom is -0.396 e. The van der Waals surface area contributed by atoms with Crippen LogP contribution >= 0.6 is 0 Å². The third kappa shape index (κ3) is 3.25. The van der Waals surface area contributed by atoms with Gasteiger partial charge in [0.2, 0.25) is 0 Å². The van der Waals surface area contributed by atoms with E-state index in [0.717, 1.165) is 13.0 Å². The molecule has 0 aliphatic carbocycles. The zero-order valence-electron chi connectivity index (χ0n) is 10.1. The summed E-state index contributed by atoms with van der Waals surface area (Å²) < 4.78 is 0. The van der Waals surface area contributed by atoms with Crippen molar-refractivity contribution >= 4 is 10.8 Å². The Morgan fingerprint density at radius 2 is 2.18 bits per heavy atom. The molecule has 0 aliphatic heterocycles. The largest absolute Gasteiger partial charge is 0.396 e. The normalized spacial score (nSPS) is 12.8. The van der Waals surface area contributed by atoms with Gasteiger partial charge < -0.3 is 10.4 Å². The number of benzene rings is 1. The van der Waals surface area contributed by atoms with Crippen molar-refractivity contribution in [3.05, 3.63) is 42.2 Å². The van der Waals surface area contributed by atoms with Crippen LogP contribution in [0.1, 0.15) is 18.9 Å². The van der Waals surface area contributed by atoms with E-state index in [1.165, 1.54) is 16.3 Å². The van der Waals surface area contributed by atoms with E-state index >= 15 is 0 Å². The highest BCUT2D eigenvalue weighted by molar-refractivity contribution is 5.81. The highest BCUT2D eigenvalue weighted by Crippen LogP contribution is 2.14. The van der Waals surface area contributed by atoms with E-state index in [9.17, 15) is 0 Å². The van der Waals surface area contributed by atoms with E-state index in [2.05, 4.69) is 35.4 Å². The standard InChI is InChI=1S/C14H18N2O/c1-11(5-7-17)16-9-12-2-3-14-10-15-6-4-13(14)8-12/h2-4,6,8,10-11,16-17H,5,7,9H2,1H3. The molecule has 0 bridgehead atoms. The summed E-state index contributed by atoms with van der Waals surface area (Å²) in [5.41, 5.74) is 1.26. The molecule has 3 heteroatoms. The van der Waals surface area contributed by atoms with Crippen LogP contribution in [0.4, 0.5) is 0 Å². The fraction of sp³-hybridized carbons (Fsp3) is 0.357. The van der Waals surface area contributed by atoms with E-state index in [-0.39, 0.29) is 6.61 Å². The summed E-state index contributed by atoms with van der Waals surface area (Å²) in [4.78, 5) is 4.10. The Kier molecular flexibility index (Phi) is 4.07. The van der Waals surface area contributed by atoms with Gasteiger partial charge in [-0.2, -0.15) is 0 Å². The van der Waals surface area contributed by atoms with E-state index in [1.54, 1.807) is 0 Å². The first kappa shape index (κ1) is 12.0. The summed E-state index contributed by atoms with van der Waals surface area (Å²) in [6.45, 7) is 3.15. The first-order valence-electron chi connectivity index (χ1n) is 5.96. The third-order valence-corrected chi connectivity index (χ3v) is 2.92. The fourth-order valence-electron chi connectivity index (χ4n) is 1.83. The smallest absolute Gasteiger partial charge is 0.0445 e. The summed E-state index contributed by atoms with van der Waals surface area (Å²) in [6.07, 6.45) is 4.48. The van der Waals surface area contributed by atoms with Gasteiger partial charge in [0.25, 0.3) is 0 Å². The number of nitrogens with zero attached hydrogens (tertiary/aromatic N) is 1. The van der Waals surface area contributed by atoms with Gasteiger partial charge in [0.05, 0.1) is 0 Å². The van der Waals surface area contributed by atoms with Crippen molar-refractivity contribution in [3.8, 4) is 0 Å². The number of hydrogen-bond acceptors (Lipinski definition) is 3. The Hall–Kier alpha value is -1.45. The van der Waals surface area contributed by atoms with Crippen LogP contribution in [0.5, 0.6) is 0 Å². The molecule has 1 heterocycles. The number of aliphatic hydroxyl groups excluding tert-OH is 1. The fourth-order valence-corrected chi connectivity index (χ4v) is 1.83. The molecule has 3 nitrogen and oxygen atoms in total. The van der Waals surface area contributed by atoms with Crippen LogP contribution in [0.3, 0.4) is 0 Å². The molecular formula is C14H18N2O. The molecule has 0 radical (unpaired) electrons. The average molecular weight is 230 g/mol. The number of pyridine rings is 1. The Morgan fingerprint density at radius 1 is 1.29 bits per heavy atom. The number of hydrogen-bond donors (Lipinski definition) is 2. The number of fused-ring (bicyclic) bond motifs is 1. The topological polar surface area (TPSA) is 45.1 Å². The molecule has 0 saturated heterocycles. The molecule has 2 rings (SSSR count). The van der Waals surface area contributed by atoms with E-state index in [4.69, 9.17) is 5.11 Å². The highest BCUT2D eigenvalue weighted by atomic mass is 16.3. The van der Waals surface area contributed by atoms with Crippen LogP contribution in [0.15, 0.2) is 36.7 Å².